The van der Waals surface area contributed by atoms with Crippen molar-refractivity contribution in [1.82, 2.24) is 0 Å². The van der Waals surface area contributed by atoms with Gasteiger partial charge in [0.1, 0.15) is 0 Å². The van der Waals surface area contributed by atoms with Crippen LogP contribution in [0.3, 0.4) is 0 Å². The molecule has 4 aromatic rings. The van der Waals surface area contributed by atoms with Crippen LogP contribution in [0.15, 0.2) is 102 Å². The first-order valence-electron chi connectivity index (χ1n) is 11.0. The van der Waals surface area contributed by atoms with Crippen LogP contribution in [0.2, 0.25) is 0 Å². The first-order valence-corrected chi connectivity index (χ1v) is 12.4. The van der Waals surface area contributed by atoms with Gasteiger partial charge in [-0.3, -0.25) is 4.72 Å². The van der Waals surface area contributed by atoms with Gasteiger partial charge in [0.05, 0.1) is 16.7 Å². The highest BCUT2D eigenvalue weighted by molar-refractivity contribution is 7.92. The van der Waals surface area contributed by atoms with Gasteiger partial charge in [0.2, 0.25) is 0 Å². The molecule has 0 heterocycles. The molecule has 0 amide bonds. The largest absolute Gasteiger partial charge is 0.388 e. The molecule has 168 valence electrons. The average Bonchev–Trinajstić information content (AvgIpc) is 2.84. The molecule has 4 aromatic carbocycles. The number of rotatable bonds is 7. The second-order valence-electron chi connectivity index (χ2n) is 8.02. The topological polar surface area (TPSA) is 66.4 Å². The molecule has 33 heavy (non-hydrogen) atoms. The van der Waals surface area contributed by atoms with Crippen molar-refractivity contribution in [2.24, 2.45) is 0 Å². The van der Waals surface area contributed by atoms with Gasteiger partial charge in [-0.05, 0) is 42.2 Å². The van der Waals surface area contributed by atoms with E-state index in [1.807, 2.05) is 86.6 Å². The third kappa shape index (κ3) is 4.85. The van der Waals surface area contributed by atoms with Crippen molar-refractivity contribution in [2.75, 3.05) is 4.72 Å². The van der Waals surface area contributed by atoms with Gasteiger partial charge in [-0.1, -0.05) is 97.4 Å². The van der Waals surface area contributed by atoms with Gasteiger partial charge in [-0.2, -0.15) is 0 Å². The van der Waals surface area contributed by atoms with Crippen LogP contribution in [-0.4, -0.2) is 13.5 Å². The first-order chi connectivity index (χ1) is 15.9. The number of aryl methyl sites for hydroxylation is 1. The maximum absolute atomic E-state index is 13.4. The monoisotopic (exact) mass is 457 g/mol. The van der Waals surface area contributed by atoms with E-state index in [1.165, 1.54) is 0 Å². The predicted molar refractivity (Wildman–Crippen MR) is 135 cm³/mol. The minimum absolute atomic E-state index is 0.198. The fourth-order valence-electron chi connectivity index (χ4n) is 3.91. The number of hydrogen-bond donors (Lipinski definition) is 2. The Hall–Kier alpha value is -3.41. The number of aliphatic hydroxyl groups excluding tert-OH is 1. The summed E-state index contributed by atoms with van der Waals surface area (Å²) >= 11 is 0. The van der Waals surface area contributed by atoms with E-state index in [0.29, 0.717) is 12.1 Å². The zero-order valence-corrected chi connectivity index (χ0v) is 19.5. The lowest BCUT2D eigenvalue weighted by Gasteiger charge is -2.21. The van der Waals surface area contributed by atoms with Gasteiger partial charge >= 0.3 is 0 Å². The third-order valence-corrected chi connectivity index (χ3v) is 7.08. The summed E-state index contributed by atoms with van der Waals surface area (Å²) in [5.41, 5.74) is 5.42. The van der Waals surface area contributed by atoms with E-state index in [0.717, 1.165) is 33.4 Å². The fourth-order valence-corrected chi connectivity index (χ4v) is 5.01. The molecule has 5 heteroatoms. The Labute approximate surface area is 195 Å². The van der Waals surface area contributed by atoms with Crippen molar-refractivity contribution in [3.05, 3.63) is 108 Å². The van der Waals surface area contributed by atoms with Gasteiger partial charge in [0, 0.05) is 11.1 Å². The Balaban J connectivity index is 1.94. The number of para-hydroxylation sites is 1. The Kier molecular flexibility index (Phi) is 6.63. The lowest BCUT2D eigenvalue weighted by Crippen LogP contribution is -2.15. The number of sulfonamides is 1. The number of aliphatic hydroxyl groups is 1. The van der Waals surface area contributed by atoms with Crippen molar-refractivity contribution < 1.29 is 13.5 Å². The Morgan fingerprint density at radius 2 is 1.36 bits per heavy atom. The van der Waals surface area contributed by atoms with Crippen molar-refractivity contribution in [1.29, 1.82) is 0 Å². The molecule has 0 aromatic heterocycles. The molecule has 0 aliphatic heterocycles. The summed E-state index contributed by atoms with van der Waals surface area (Å²) in [7, 11) is -3.84. The van der Waals surface area contributed by atoms with Crippen molar-refractivity contribution >= 4 is 15.7 Å². The maximum Gasteiger partial charge on any atom is 0.261 e. The molecule has 0 fully saturated rings. The van der Waals surface area contributed by atoms with E-state index in [2.05, 4.69) is 4.72 Å². The SMILES string of the molecule is CC[C@H](O)c1ccccc1-c1cccc(-c2ccccc2)c1NS(=O)(=O)c1ccc(C)cc1. The van der Waals surface area contributed by atoms with E-state index < -0.39 is 16.1 Å². The molecule has 2 N–H and O–H groups in total. The molecule has 0 saturated heterocycles. The smallest absolute Gasteiger partial charge is 0.261 e. The fraction of sp³-hybridized carbons (Fsp3) is 0.143. The summed E-state index contributed by atoms with van der Waals surface area (Å²) in [4.78, 5) is 0.198. The Morgan fingerprint density at radius 3 is 2.06 bits per heavy atom. The summed E-state index contributed by atoms with van der Waals surface area (Å²) in [5.74, 6) is 0. The molecule has 0 saturated carbocycles. The van der Waals surface area contributed by atoms with Crippen LogP contribution in [0.5, 0.6) is 0 Å². The molecule has 0 unspecified atom stereocenters. The second-order valence-corrected chi connectivity index (χ2v) is 9.71. The van der Waals surface area contributed by atoms with Crippen LogP contribution >= 0.6 is 0 Å². The molecule has 4 nitrogen and oxygen atoms in total. The highest BCUT2D eigenvalue weighted by atomic mass is 32.2. The summed E-state index contributed by atoms with van der Waals surface area (Å²) < 4.78 is 29.7. The predicted octanol–water partition coefficient (Wildman–Crippen LogP) is 6.57. The summed E-state index contributed by atoms with van der Waals surface area (Å²) in [6.45, 7) is 3.84. The van der Waals surface area contributed by atoms with Gasteiger partial charge in [0.25, 0.3) is 10.0 Å². The number of anilines is 1. The maximum atomic E-state index is 13.4. The van der Waals surface area contributed by atoms with Gasteiger partial charge in [-0.15, -0.1) is 0 Å². The van der Waals surface area contributed by atoms with Crippen LogP contribution in [0.1, 0.15) is 30.6 Å². The van der Waals surface area contributed by atoms with Gasteiger partial charge < -0.3 is 5.11 Å². The lowest BCUT2D eigenvalue weighted by molar-refractivity contribution is 0.174. The molecule has 0 aliphatic carbocycles. The summed E-state index contributed by atoms with van der Waals surface area (Å²) in [6.07, 6.45) is -0.0945. The normalized spacial score (nSPS) is 12.3. The standard InChI is InChI=1S/C28H27NO3S/c1-3-27(30)25-13-8-7-12-24(25)26-15-9-14-23(21-10-5-4-6-11-21)28(26)29-33(31,32)22-18-16-20(2)17-19-22/h4-19,27,29-30H,3H2,1-2H3/t27-/m0/s1. The number of hydrogen-bond acceptors (Lipinski definition) is 3. The van der Waals surface area contributed by atoms with Gasteiger partial charge in [-0.25, -0.2) is 8.42 Å². The van der Waals surface area contributed by atoms with Crippen LogP contribution < -0.4 is 4.72 Å². The van der Waals surface area contributed by atoms with Crippen LogP contribution in [0.4, 0.5) is 5.69 Å². The lowest BCUT2D eigenvalue weighted by atomic mass is 9.91. The molecule has 0 aliphatic rings. The average molecular weight is 458 g/mol. The van der Waals surface area contributed by atoms with Crippen molar-refractivity contribution in [3.8, 4) is 22.3 Å². The highest BCUT2D eigenvalue weighted by Crippen LogP contribution is 2.41. The van der Waals surface area contributed by atoms with E-state index in [9.17, 15) is 13.5 Å². The Bertz CT molecular complexity index is 1350. The highest BCUT2D eigenvalue weighted by Gasteiger charge is 2.22. The van der Waals surface area contributed by atoms with E-state index in [4.69, 9.17) is 0 Å². The summed E-state index contributed by atoms with van der Waals surface area (Å²) in [6, 6.07) is 29.8. The minimum Gasteiger partial charge on any atom is -0.388 e. The minimum atomic E-state index is -3.84. The van der Waals surface area contributed by atoms with Crippen molar-refractivity contribution in [2.45, 2.75) is 31.3 Å². The van der Waals surface area contributed by atoms with E-state index in [1.54, 1.807) is 24.3 Å². The van der Waals surface area contributed by atoms with Crippen LogP contribution in [0, 0.1) is 6.92 Å². The quantitative estimate of drug-likeness (QED) is 0.330. The molecule has 0 spiro atoms. The molecule has 0 bridgehead atoms. The molecule has 4 rings (SSSR count). The van der Waals surface area contributed by atoms with Crippen LogP contribution in [0.25, 0.3) is 22.3 Å². The molecule has 0 radical (unpaired) electrons. The van der Waals surface area contributed by atoms with E-state index in [-0.39, 0.29) is 4.90 Å². The number of nitrogens with one attached hydrogen (secondary N) is 1. The van der Waals surface area contributed by atoms with E-state index >= 15 is 0 Å². The van der Waals surface area contributed by atoms with Crippen molar-refractivity contribution in [3.63, 3.8) is 0 Å². The van der Waals surface area contributed by atoms with Crippen LogP contribution in [-0.2, 0) is 10.0 Å². The summed E-state index contributed by atoms with van der Waals surface area (Å²) in [5, 5.41) is 10.6. The molecular weight excluding hydrogens is 430 g/mol. The Morgan fingerprint density at radius 1 is 0.758 bits per heavy atom. The third-order valence-electron chi connectivity index (χ3n) is 5.71. The molecule has 1 atom stereocenters. The second kappa shape index (κ2) is 9.61. The van der Waals surface area contributed by atoms with Gasteiger partial charge in [0.15, 0.2) is 0 Å². The zero-order valence-electron chi connectivity index (χ0n) is 18.7. The first kappa shape index (κ1) is 22.8. The number of benzene rings is 4. The zero-order chi connectivity index (χ0) is 23.4. The molecular formula is C28H27NO3S.